The number of hydrogen-bond donors (Lipinski definition) is 2. The molecule has 0 unspecified atom stereocenters. The van der Waals surface area contributed by atoms with Crippen LogP contribution in [0.4, 0.5) is 5.69 Å². The van der Waals surface area contributed by atoms with Crippen LogP contribution in [-0.2, 0) is 6.42 Å². The van der Waals surface area contributed by atoms with Crippen LogP contribution in [0.1, 0.15) is 22.8 Å². The van der Waals surface area contributed by atoms with Crippen molar-refractivity contribution >= 4 is 22.4 Å². The normalized spacial score (nSPS) is 14.6. The van der Waals surface area contributed by atoms with Gasteiger partial charge >= 0.3 is 0 Å². The van der Waals surface area contributed by atoms with Crippen LogP contribution >= 0.6 is 0 Å². The predicted molar refractivity (Wildman–Crippen MR) is 71.9 cm³/mol. The van der Waals surface area contributed by atoms with Gasteiger partial charge in [0.15, 0.2) is 0 Å². The van der Waals surface area contributed by atoms with Crippen molar-refractivity contribution in [1.82, 2.24) is 10.3 Å². The molecule has 4 heteroatoms. The standard InChI is InChI=1S/C14H15N3O/c1-2-9-7-15-8-10-3-4-11-13(12(9)10)16-5-6-17-14(11)18/h3-4,7-8,16H,2,5-6H2,1H3,(H,17,18). The van der Waals surface area contributed by atoms with Gasteiger partial charge in [0.25, 0.3) is 5.91 Å². The second-order valence-electron chi connectivity index (χ2n) is 4.42. The second kappa shape index (κ2) is 4.29. The Balaban J connectivity index is 2.36. The van der Waals surface area contributed by atoms with Crippen LogP contribution in [0.15, 0.2) is 24.5 Å². The van der Waals surface area contributed by atoms with Crippen LogP contribution in [0.5, 0.6) is 0 Å². The van der Waals surface area contributed by atoms with Gasteiger partial charge < -0.3 is 10.6 Å². The van der Waals surface area contributed by atoms with Crippen molar-refractivity contribution in [3.8, 4) is 0 Å². The summed E-state index contributed by atoms with van der Waals surface area (Å²) in [6.45, 7) is 3.51. The number of fused-ring (bicyclic) bond motifs is 3. The summed E-state index contributed by atoms with van der Waals surface area (Å²) in [7, 11) is 0. The molecule has 1 aliphatic heterocycles. The topological polar surface area (TPSA) is 54.0 Å². The number of nitrogens with one attached hydrogen (secondary N) is 2. The fourth-order valence-electron chi connectivity index (χ4n) is 2.44. The van der Waals surface area contributed by atoms with Crippen molar-refractivity contribution in [2.75, 3.05) is 18.4 Å². The molecule has 0 atom stereocenters. The van der Waals surface area contributed by atoms with Crippen molar-refractivity contribution < 1.29 is 4.79 Å². The van der Waals surface area contributed by atoms with Gasteiger partial charge in [0, 0.05) is 36.3 Å². The van der Waals surface area contributed by atoms with Crippen LogP contribution in [0, 0.1) is 0 Å². The van der Waals surface area contributed by atoms with E-state index in [2.05, 4.69) is 22.5 Å². The Morgan fingerprint density at radius 2 is 2.06 bits per heavy atom. The van der Waals surface area contributed by atoms with Crippen molar-refractivity contribution in [2.24, 2.45) is 0 Å². The number of benzene rings is 1. The highest BCUT2D eigenvalue weighted by Crippen LogP contribution is 2.31. The molecule has 0 saturated carbocycles. The number of rotatable bonds is 1. The van der Waals surface area contributed by atoms with Gasteiger partial charge in [-0.2, -0.15) is 0 Å². The Kier molecular flexibility index (Phi) is 2.63. The zero-order valence-electron chi connectivity index (χ0n) is 10.3. The highest BCUT2D eigenvalue weighted by Gasteiger charge is 2.18. The van der Waals surface area contributed by atoms with E-state index in [0.717, 1.165) is 35.0 Å². The Hall–Kier alpha value is -2.10. The van der Waals surface area contributed by atoms with Crippen LogP contribution in [0.3, 0.4) is 0 Å². The predicted octanol–water partition coefficient (Wildman–Crippen LogP) is 1.95. The molecule has 0 spiro atoms. The number of aryl methyl sites for hydroxylation is 1. The van der Waals surface area contributed by atoms with E-state index in [1.54, 1.807) is 0 Å². The SMILES string of the molecule is CCc1cncc2ccc3c(c12)NCCNC3=O. The maximum absolute atomic E-state index is 12.0. The summed E-state index contributed by atoms with van der Waals surface area (Å²) in [6.07, 6.45) is 4.64. The molecule has 18 heavy (non-hydrogen) atoms. The van der Waals surface area contributed by atoms with Crippen LogP contribution in [0.2, 0.25) is 0 Å². The average Bonchev–Trinajstić information content (AvgIpc) is 2.60. The summed E-state index contributed by atoms with van der Waals surface area (Å²) >= 11 is 0. The number of carbonyl (C=O) groups is 1. The molecule has 92 valence electrons. The van der Waals surface area contributed by atoms with Gasteiger partial charge in [-0.3, -0.25) is 9.78 Å². The van der Waals surface area contributed by atoms with Crippen molar-refractivity contribution in [3.63, 3.8) is 0 Å². The van der Waals surface area contributed by atoms with Gasteiger partial charge in [-0.15, -0.1) is 0 Å². The maximum Gasteiger partial charge on any atom is 0.253 e. The molecular formula is C14H15N3O. The molecule has 1 aromatic carbocycles. The number of anilines is 1. The molecule has 2 N–H and O–H groups in total. The lowest BCUT2D eigenvalue weighted by Crippen LogP contribution is -2.24. The van der Waals surface area contributed by atoms with Gasteiger partial charge in [-0.05, 0) is 18.1 Å². The largest absolute Gasteiger partial charge is 0.382 e. The van der Waals surface area contributed by atoms with Crippen molar-refractivity contribution in [2.45, 2.75) is 13.3 Å². The first-order chi connectivity index (χ1) is 8.81. The molecule has 0 fully saturated rings. The summed E-state index contributed by atoms with van der Waals surface area (Å²) in [5, 5.41) is 8.45. The molecule has 2 heterocycles. The zero-order chi connectivity index (χ0) is 12.5. The minimum atomic E-state index is -0.00392. The number of aromatic nitrogens is 1. The van der Waals surface area contributed by atoms with Crippen LogP contribution in [0.25, 0.3) is 10.8 Å². The molecule has 0 radical (unpaired) electrons. The molecule has 1 aromatic heterocycles. The highest BCUT2D eigenvalue weighted by molar-refractivity contribution is 6.09. The Labute approximate surface area is 105 Å². The lowest BCUT2D eigenvalue weighted by Gasteiger charge is -2.13. The van der Waals surface area contributed by atoms with Crippen molar-refractivity contribution in [1.29, 1.82) is 0 Å². The third kappa shape index (κ3) is 1.61. The number of hydrogen-bond acceptors (Lipinski definition) is 3. The van der Waals surface area contributed by atoms with E-state index < -0.39 is 0 Å². The minimum absolute atomic E-state index is 0.00392. The van der Waals surface area contributed by atoms with E-state index in [1.807, 2.05) is 24.5 Å². The van der Waals surface area contributed by atoms with E-state index in [4.69, 9.17) is 0 Å². The number of pyridine rings is 1. The number of amides is 1. The minimum Gasteiger partial charge on any atom is -0.382 e. The third-order valence-corrected chi connectivity index (χ3v) is 3.34. The summed E-state index contributed by atoms with van der Waals surface area (Å²) in [4.78, 5) is 16.2. The Bertz CT molecular complexity index is 622. The zero-order valence-corrected chi connectivity index (χ0v) is 10.3. The Morgan fingerprint density at radius 3 is 2.89 bits per heavy atom. The van der Waals surface area contributed by atoms with Gasteiger partial charge in [0.05, 0.1) is 11.3 Å². The quantitative estimate of drug-likeness (QED) is 0.802. The molecular weight excluding hydrogens is 226 g/mol. The molecule has 0 bridgehead atoms. The molecule has 0 aliphatic carbocycles. The summed E-state index contributed by atoms with van der Waals surface area (Å²) in [6, 6.07) is 3.83. The van der Waals surface area contributed by atoms with Crippen LogP contribution < -0.4 is 10.6 Å². The molecule has 1 aliphatic rings. The smallest absolute Gasteiger partial charge is 0.253 e. The van der Waals surface area contributed by atoms with E-state index >= 15 is 0 Å². The lowest BCUT2D eigenvalue weighted by molar-refractivity contribution is 0.0958. The second-order valence-corrected chi connectivity index (χ2v) is 4.42. The van der Waals surface area contributed by atoms with Gasteiger partial charge in [0.1, 0.15) is 0 Å². The first kappa shape index (κ1) is 11.0. The molecule has 2 aromatic rings. The maximum atomic E-state index is 12.0. The third-order valence-electron chi connectivity index (χ3n) is 3.34. The van der Waals surface area contributed by atoms with Gasteiger partial charge in [-0.25, -0.2) is 0 Å². The first-order valence-corrected chi connectivity index (χ1v) is 6.23. The fraction of sp³-hybridized carbons (Fsp3) is 0.286. The van der Waals surface area contributed by atoms with E-state index in [9.17, 15) is 4.79 Å². The molecule has 3 rings (SSSR count). The van der Waals surface area contributed by atoms with E-state index in [-0.39, 0.29) is 5.91 Å². The summed E-state index contributed by atoms with van der Waals surface area (Å²) < 4.78 is 0. The van der Waals surface area contributed by atoms with Crippen LogP contribution in [-0.4, -0.2) is 24.0 Å². The average molecular weight is 241 g/mol. The monoisotopic (exact) mass is 241 g/mol. The molecule has 0 saturated heterocycles. The van der Waals surface area contributed by atoms with Crippen molar-refractivity contribution in [3.05, 3.63) is 35.7 Å². The Morgan fingerprint density at radius 1 is 1.22 bits per heavy atom. The van der Waals surface area contributed by atoms with Gasteiger partial charge in [0.2, 0.25) is 0 Å². The number of carbonyl (C=O) groups excluding carboxylic acids is 1. The summed E-state index contributed by atoms with van der Waals surface area (Å²) in [5.74, 6) is -0.00392. The lowest BCUT2D eigenvalue weighted by atomic mass is 10.00. The van der Waals surface area contributed by atoms with Gasteiger partial charge in [-0.1, -0.05) is 13.0 Å². The van der Waals surface area contributed by atoms with E-state index in [0.29, 0.717) is 6.54 Å². The fourth-order valence-corrected chi connectivity index (χ4v) is 2.44. The first-order valence-electron chi connectivity index (χ1n) is 6.23. The highest BCUT2D eigenvalue weighted by atomic mass is 16.1. The number of nitrogens with zero attached hydrogens (tertiary/aromatic N) is 1. The molecule has 1 amide bonds. The summed E-state index contributed by atoms with van der Waals surface area (Å²) in [5.41, 5.74) is 2.84. The molecule has 4 nitrogen and oxygen atoms in total. The van der Waals surface area contributed by atoms with E-state index in [1.165, 1.54) is 5.56 Å².